The predicted octanol–water partition coefficient (Wildman–Crippen LogP) is 9.03. The molecule has 2 heteroatoms. The summed E-state index contributed by atoms with van der Waals surface area (Å²) in [6.45, 7) is 14.7. The van der Waals surface area contributed by atoms with Crippen LogP contribution in [0.5, 0.6) is 0 Å². The van der Waals surface area contributed by atoms with Crippen molar-refractivity contribution in [3.63, 3.8) is 0 Å². The lowest BCUT2D eigenvalue weighted by Crippen LogP contribution is -2.18. The second-order valence-electron chi connectivity index (χ2n) is 10.1. The van der Waals surface area contributed by atoms with Gasteiger partial charge in [0.15, 0.2) is 0 Å². The van der Waals surface area contributed by atoms with Crippen molar-refractivity contribution in [3.05, 3.63) is 35.9 Å². The average molecular weight is 445 g/mol. The highest BCUT2D eigenvalue weighted by molar-refractivity contribution is 5.82. The Hall–Kier alpha value is -1.44. The fourth-order valence-electron chi connectivity index (χ4n) is 4.56. The zero-order chi connectivity index (χ0) is 24.4. The molecule has 2 saturated carbocycles. The van der Waals surface area contributed by atoms with E-state index in [0.717, 1.165) is 30.5 Å². The van der Waals surface area contributed by atoms with Crippen LogP contribution in [0.4, 0.5) is 0 Å². The first kappa shape index (κ1) is 30.6. The van der Waals surface area contributed by atoms with E-state index in [0.29, 0.717) is 17.6 Å². The highest BCUT2D eigenvalue weighted by atomic mass is 16.1. The van der Waals surface area contributed by atoms with E-state index in [1.165, 1.54) is 70.3 Å². The van der Waals surface area contributed by atoms with Crippen molar-refractivity contribution >= 4 is 12.1 Å². The Balaban J connectivity index is 0.000000445. The van der Waals surface area contributed by atoms with Gasteiger partial charge in [0.25, 0.3) is 0 Å². The Morgan fingerprint density at radius 2 is 1.56 bits per heavy atom. The minimum Gasteiger partial charge on any atom is -0.304 e. The van der Waals surface area contributed by atoms with Crippen LogP contribution >= 0.6 is 0 Å². The van der Waals surface area contributed by atoms with Gasteiger partial charge < -0.3 is 4.79 Å². The van der Waals surface area contributed by atoms with E-state index < -0.39 is 0 Å². The molecule has 4 atom stereocenters. The summed E-state index contributed by atoms with van der Waals surface area (Å²) in [6, 6.07) is 10.3. The highest BCUT2D eigenvalue weighted by Gasteiger charge is 2.41. The zero-order valence-electron chi connectivity index (χ0n) is 22.2. The molecule has 2 aliphatic rings. The molecule has 184 valence electrons. The molecule has 1 aromatic carbocycles. The van der Waals surface area contributed by atoms with Crippen LogP contribution < -0.4 is 0 Å². The maximum Gasteiger partial charge on any atom is 0.133 e. The van der Waals surface area contributed by atoms with Gasteiger partial charge in [0.2, 0.25) is 0 Å². The minimum atomic E-state index is 0.312. The smallest absolute Gasteiger partial charge is 0.133 e. The van der Waals surface area contributed by atoms with Crippen LogP contribution in [0.15, 0.2) is 30.3 Å². The number of rotatable bonds is 7. The first-order valence-corrected chi connectivity index (χ1v) is 13.3. The SMILES string of the molecule is CC(=O)C1CC1c1ccccc1.CC(C)CC1CCCCC1C.CC=O.CCCCCC. The molecular weight excluding hydrogens is 392 g/mol. The first-order chi connectivity index (χ1) is 15.3. The Labute approximate surface area is 200 Å². The third-order valence-corrected chi connectivity index (χ3v) is 6.56. The van der Waals surface area contributed by atoms with E-state index in [1.54, 1.807) is 6.92 Å². The second-order valence-corrected chi connectivity index (χ2v) is 10.1. The molecule has 2 nitrogen and oxygen atoms in total. The lowest BCUT2D eigenvalue weighted by atomic mass is 9.76. The summed E-state index contributed by atoms with van der Waals surface area (Å²) in [5, 5.41) is 0. The number of carbonyl (C=O) groups is 2. The lowest BCUT2D eigenvalue weighted by Gasteiger charge is -2.29. The monoisotopic (exact) mass is 444 g/mol. The van der Waals surface area contributed by atoms with Crippen molar-refractivity contribution in [3.8, 4) is 0 Å². The van der Waals surface area contributed by atoms with Crippen LogP contribution in [0, 0.1) is 23.7 Å². The van der Waals surface area contributed by atoms with Gasteiger partial charge in [-0.3, -0.25) is 4.79 Å². The van der Waals surface area contributed by atoms with Crippen molar-refractivity contribution < 1.29 is 9.59 Å². The molecule has 0 saturated heterocycles. The zero-order valence-corrected chi connectivity index (χ0v) is 22.2. The molecule has 2 fully saturated rings. The first-order valence-electron chi connectivity index (χ1n) is 13.3. The maximum atomic E-state index is 11.0. The van der Waals surface area contributed by atoms with Crippen molar-refractivity contribution in [2.45, 2.75) is 119 Å². The van der Waals surface area contributed by atoms with Crippen molar-refractivity contribution in [1.82, 2.24) is 0 Å². The summed E-state index contributed by atoms with van der Waals surface area (Å²) in [4.78, 5) is 19.8. The number of aldehydes is 1. The quantitative estimate of drug-likeness (QED) is 0.310. The van der Waals surface area contributed by atoms with Crippen molar-refractivity contribution in [2.75, 3.05) is 0 Å². The molecule has 2 aliphatic carbocycles. The van der Waals surface area contributed by atoms with Gasteiger partial charge in [0.1, 0.15) is 12.1 Å². The van der Waals surface area contributed by atoms with Gasteiger partial charge in [-0.1, -0.05) is 116 Å². The maximum absolute atomic E-state index is 11.0. The topological polar surface area (TPSA) is 34.1 Å². The van der Waals surface area contributed by atoms with Crippen LogP contribution in [0.25, 0.3) is 0 Å². The standard InChI is InChI=1S/C11H12O.C11H22.C6H14.C2H4O/c1-8(12)10-7-11(10)9-5-3-2-4-6-9;1-9(2)8-11-7-5-4-6-10(11)3;1-3-5-6-4-2;1-2-3/h2-6,10-11H,7H2,1H3;9-11H,4-8H2,1-3H3;3-6H2,1-2H3;2H,1H3. The highest BCUT2D eigenvalue weighted by Crippen LogP contribution is 2.47. The summed E-state index contributed by atoms with van der Waals surface area (Å²) >= 11 is 0. The molecule has 0 radical (unpaired) electrons. The molecular formula is C30H52O2. The van der Waals surface area contributed by atoms with E-state index >= 15 is 0 Å². The molecule has 0 N–H and O–H groups in total. The second kappa shape index (κ2) is 19.1. The van der Waals surface area contributed by atoms with Gasteiger partial charge >= 0.3 is 0 Å². The summed E-state index contributed by atoms with van der Waals surface area (Å²) < 4.78 is 0. The molecule has 0 amide bonds. The van der Waals surface area contributed by atoms with Crippen molar-refractivity contribution in [2.24, 2.45) is 23.7 Å². The molecule has 32 heavy (non-hydrogen) atoms. The van der Waals surface area contributed by atoms with Crippen LogP contribution in [0.3, 0.4) is 0 Å². The Kier molecular flexibility index (Phi) is 18.2. The third-order valence-electron chi connectivity index (χ3n) is 6.56. The van der Waals surface area contributed by atoms with E-state index in [2.05, 4.69) is 46.8 Å². The summed E-state index contributed by atoms with van der Waals surface area (Å²) in [7, 11) is 0. The Bertz CT molecular complexity index is 574. The normalized spacial score (nSPS) is 23.4. The number of unbranched alkanes of at least 4 members (excludes halogenated alkanes) is 3. The van der Waals surface area contributed by atoms with E-state index in [9.17, 15) is 4.79 Å². The Morgan fingerprint density at radius 3 is 1.97 bits per heavy atom. The third kappa shape index (κ3) is 14.6. The van der Waals surface area contributed by atoms with Gasteiger partial charge in [-0.2, -0.15) is 0 Å². The number of carbonyl (C=O) groups excluding carboxylic acids is 2. The van der Waals surface area contributed by atoms with Crippen LogP contribution in [-0.2, 0) is 9.59 Å². The molecule has 0 spiro atoms. The molecule has 3 rings (SSSR count). The van der Waals surface area contributed by atoms with Crippen LogP contribution in [0.2, 0.25) is 0 Å². The molecule has 1 aromatic rings. The Morgan fingerprint density at radius 1 is 1.03 bits per heavy atom. The lowest BCUT2D eigenvalue weighted by molar-refractivity contribution is -0.118. The number of benzene rings is 1. The molecule has 0 aliphatic heterocycles. The average Bonchev–Trinajstić information content (AvgIpc) is 3.57. The van der Waals surface area contributed by atoms with Crippen LogP contribution in [0.1, 0.15) is 124 Å². The fraction of sp³-hybridized carbons (Fsp3) is 0.733. The van der Waals surface area contributed by atoms with Gasteiger partial charge in [-0.25, -0.2) is 0 Å². The largest absolute Gasteiger partial charge is 0.304 e. The van der Waals surface area contributed by atoms with E-state index in [4.69, 9.17) is 4.79 Å². The molecule has 4 unspecified atom stereocenters. The number of Topliss-reactive ketones (excluding diaryl/α,β-unsaturated/α-hetero) is 1. The van der Waals surface area contributed by atoms with Gasteiger partial charge in [-0.15, -0.1) is 0 Å². The molecule has 0 heterocycles. The predicted molar refractivity (Wildman–Crippen MR) is 140 cm³/mol. The number of hydrogen-bond acceptors (Lipinski definition) is 2. The fourth-order valence-corrected chi connectivity index (χ4v) is 4.56. The van der Waals surface area contributed by atoms with Gasteiger partial charge in [-0.05, 0) is 55.9 Å². The number of hydrogen-bond donors (Lipinski definition) is 0. The number of ketones is 1. The molecule has 0 aromatic heterocycles. The van der Waals surface area contributed by atoms with Gasteiger partial charge in [0.05, 0.1) is 0 Å². The van der Waals surface area contributed by atoms with E-state index in [1.807, 2.05) is 18.2 Å². The van der Waals surface area contributed by atoms with Crippen LogP contribution in [-0.4, -0.2) is 12.1 Å². The summed E-state index contributed by atoms with van der Waals surface area (Å²) in [5.74, 6) is 4.12. The van der Waals surface area contributed by atoms with Crippen molar-refractivity contribution in [1.29, 1.82) is 0 Å². The van der Waals surface area contributed by atoms with E-state index in [-0.39, 0.29) is 0 Å². The summed E-state index contributed by atoms with van der Waals surface area (Å²) in [6.07, 6.45) is 14.8. The summed E-state index contributed by atoms with van der Waals surface area (Å²) in [5.41, 5.74) is 1.32. The molecule has 0 bridgehead atoms. The van der Waals surface area contributed by atoms with Gasteiger partial charge in [0, 0.05) is 5.92 Å². The minimum absolute atomic E-state index is 0.312.